The van der Waals surface area contributed by atoms with Gasteiger partial charge in [0.25, 0.3) is 5.91 Å². The van der Waals surface area contributed by atoms with Crippen molar-refractivity contribution in [3.8, 4) is 0 Å². The van der Waals surface area contributed by atoms with Crippen LogP contribution in [0.3, 0.4) is 0 Å². The molecule has 0 radical (unpaired) electrons. The molecule has 25 heteroatoms. The Balaban J connectivity index is 1.31. The first kappa shape index (κ1) is 59.7. The summed E-state index contributed by atoms with van der Waals surface area (Å²) < 4.78 is 6.43. The second kappa shape index (κ2) is 26.4. The van der Waals surface area contributed by atoms with Crippen LogP contribution in [0.1, 0.15) is 101 Å². The van der Waals surface area contributed by atoms with Gasteiger partial charge in [0.1, 0.15) is 59.2 Å². The molecule has 2 aliphatic heterocycles. The first-order valence-corrected chi connectivity index (χ1v) is 26.9. The molecule has 2 saturated carbocycles. The van der Waals surface area contributed by atoms with E-state index in [1.807, 2.05) is 13.0 Å². The number of aromatic nitrogens is 1. The Labute approximate surface area is 461 Å². The number of hydroxylamine groups is 4. The predicted octanol–water partition coefficient (Wildman–Crippen LogP) is 2.67. The lowest BCUT2D eigenvalue weighted by atomic mass is 9.91. The van der Waals surface area contributed by atoms with Crippen LogP contribution in [-0.2, 0) is 44.7 Å². The third kappa shape index (κ3) is 14.9. The summed E-state index contributed by atoms with van der Waals surface area (Å²) in [7, 11) is 0. The molecule has 2 aromatic carbocycles. The minimum absolute atomic E-state index is 0.00930. The van der Waals surface area contributed by atoms with Gasteiger partial charge in [0, 0.05) is 31.0 Å². The molecule has 1 aromatic heterocycles. The predicted molar refractivity (Wildman–Crippen MR) is 283 cm³/mol. The van der Waals surface area contributed by atoms with Crippen LogP contribution in [0.4, 0.5) is 0 Å². The average Bonchev–Trinajstić information content (AvgIpc) is 4.39. The Kier molecular flexibility index (Phi) is 19.9. The lowest BCUT2D eigenvalue weighted by Crippen LogP contribution is -2.62. The second-order valence-corrected chi connectivity index (χ2v) is 21.5. The van der Waals surface area contributed by atoms with E-state index in [1.54, 1.807) is 87.5 Å². The Bertz CT molecular complexity index is 2710. The summed E-state index contributed by atoms with van der Waals surface area (Å²) in [5.41, 5.74) is 0.758. The van der Waals surface area contributed by atoms with Gasteiger partial charge in [0.05, 0.1) is 0 Å². The quantitative estimate of drug-likeness (QED) is 0.0406. The number of esters is 1. The van der Waals surface area contributed by atoms with Gasteiger partial charge in [-0.3, -0.25) is 44.0 Å². The molecular formula is C54H69ClN10O14-2. The molecule has 15 atom stereocenters. The zero-order valence-corrected chi connectivity index (χ0v) is 45.2. The maximum Gasteiger partial charge on any atom is 0.329 e. The highest BCUT2D eigenvalue weighted by Crippen LogP contribution is 2.39. The Morgan fingerprint density at radius 2 is 1.43 bits per heavy atom. The molecule has 0 bridgehead atoms. The van der Waals surface area contributed by atoms with Gasteiger partial charge >= 0.3 is 5.97 Å². The van der Waals surface area contributed by atoms with Gasteiger partial charge in [-0.2, -0.15) is 4.73 Å². The molecular weight excluding hydrogens is 1050 g/mol. The van der Waals surface area contributed by atoms with Crippen LogP contribution in [0, 0.1) is 34.1 Å². The standard InChI is InChI=1S/C54H69ClN10O14/c1-6-14-32-22-42-54(73)79-30(5)46(61-49(68)38(24-35-26-41(35)65(77)78)57-50(69)39-19-20-43(55)63(39)74)52(71)58-36(21-31-15-10-8-11-16-31)47(66)56-37(23-34-25-40(34)64(75)76)48(67)60-45(29(4)33-17-12-9-13-18-33)51(70)59-44(28(3)7-2)53(72)62(42)27-32/h6,8-20,28-30,32,34-38,40-42,44-46,74-75,77H,7,21-27H2,1-5H3,(H,56,66)(H,57,69)(H,58,71)(H,59,70)(H,60,67)(H,61,68)/q-2/b14-6-/t28-,29+,30+,32-,34+,35-,36-,37+,38-,40+,41-,42-,44-,45-,46+/m0/s1. The zero-order chi connectivity index (χ0) is 57.4. The number of amides is 7. The van der Waals surface area contributed by atoms with E-state index < -0.39 is 137 Å². The Hall–Kier alpha value is -6.93. The van der Waals surface area contributed by atoms with Crippen LogP contribution in [0.15, 0.2) is 84.9 Å². The molecule has 0 spiro atoms. The van der Waals surface area contributed by atoms with E-state index in [-0.39, 0.29) is 66.6 Å². The van der Waals surface area contributed by atoms with Crippen molar-refractivity contribution in [1.29, 1.82) is 0 Å². The number of fused-ring (bicyclic) bond motifs is 1. The number of hydrogen-bond acceptors (Lipinski definition) is 16. The maximum absolute atomic E-state index is 15.1. The number of cyclic esters (lactones) is 1. The lowest BCUT2D eigenvalue weighted by molar-refractivity contribution is -0.161. The molecule has 4 fully saturated rings. The van der Waals surface area contributed by atoms with Crippen molar-refractivity contribution in [3.63, 3.8) is 0 Å². The highest BCUT2D eigenvalue weighted by Gasteiger charge is 2.48. The molecule has 0 unspecified atom stereocenters. The lowest BCUT2D eigenvalue weighted by Gasteiger charge is -2.34. The molecule has 9 N–H and O–H groups in total. The third-order valence-electron chi connectivity index (χ3n) is 15.5. The van der Waals surface area contributed by atoms with Crippen LogP contribution in [-0.4, -0.2) is 150 Å². The highest BCUT2D eigenvalue weighted by atomic mass is 35.5. The normalized spacial score (nSPS) is 29.2. The van der Waals surface area contributed by atoms with Crippen LogP contribution in [0.2, 0.25) is 5.15 Å². The molecule has 79 heavy (non-hydrogen) atoms. The maximum atomic E-state index is 15.1. The Morgan fingerprint density at radius 1 is 0.823 bits per heavy atom. The first-order chi connectivity index (χ1) is 37.6. The van der Waals surface area contributed by atoms with Crippen LogP contribution >= 0.6 is 11.6 Å². The molecule has 2 aliphatic carbocycles. The van der Waals surface area contributed by atoms with Crippen molar-refractivity contribution < 1.29 is 58.7 Å². The molecule has 7 amide bonds. The number of halogens is 1. The monoisotopic (exact) mass is 1120 g/mol. The fourth-order valence-corrected chi connectivity index (χ4v) is 10.6. The van der Waals surface area contributed by atoms with Crippen molar-refractivity contribution in [1.82, 2.24) is 52.0 Å². The number of nitrogens with one attached hydrogen (secondary N) is 6. The summed E-state index contributed by atoms with van der Waals surface area (Å²) >= 11 is 5.98. The Morgan fingerprint density at radius 3 is 2.03 bits per heavy atom. The minimum Gasteiger partial charge on any atom is -0.762 e. The van der Waals surface area contributed by atoms with E-state index in [9.17, 15) is 54.8 Å². The van der Waals surface area contributed by atoms with Gasteiger partial charge in [0.2, 0.25) is 35.4 Å². The second-order valence-electron chi connectivity index (χ2n) is 21.1. The molecule has 3 heterocycles. The van der Waals surface area contributed by atoms with Crippen LogP contribution in [0.25, 0.3) is 0 Å². The largest absolute Gasteiger partial charge is 0.762 e. The summed E-state index contributed by atoms with van der Waals surface area (Å²) in [6, 6.07) is 7.19. The fraction of sp³-hybridized carbons (Fsp3) is 0.519. The number of ether oxygens (including phenoxy) is 1. The number of rotatable bonds is 17. The van der Waals surface area contributed by atoms with Crippen molar-refractivity contribution in [2.75, 3.05) is 6.54 Å². The summed E-state index contributed by atoms with van der Waals surface area (Å²) in [5.74, 6) is -10.3. The van der Waals surface area contributed by atoms with E-state index in [1.165, 1.54) is 24.0 Å². The van der Waals surface area contributed by atoms with E-state index >= 15 is 9.59 Å². The van der Waals surface area contributed by atoms with Gasteiger partial charge in [-0.15, -0.1) is 0 Å². The number of allylic oxidation sites excluding steroid dienone is 1. The van der Waals surface area contributed by atoms with Gasteiger partial charge < -0.3 is 67.6 Å². The number of benzene rings is 2. The zero-order valence-electron chi connectivity index (χ0n) is 44.4. The number of nitrogens with zero attached hydrogens (tertiary/aromatic N) is 4. The minimum atomic E-state index is -1.90. The van der Waals surface area contributed by atoms with Crippen molar-refractivity contribution in [2.24, 2.45) is 23.7 Å². The van der Waals surface area contributed by atoms with E-state index in [4.69, 9.17) is 16.3 Å². The molecule has 428 valence electrons. The van der Waals surface area contributed by atoms with Crippen LogP contribution in [0.5, 0.6) is 0 Å². The van der Waals surface area contributed by atoms with Crippen LogP contribution < -0.4 is 31.9 Å². The van der Waals surface area contributed by atoms with Gasteiger partial charge in [-0.05, 0) is 92.9 Å². The van der Waals surface area contributed by atoms with Gasteiger partial charge in [-0.25, -0.2) is 4.79 Å². The van der Waals surface area contributed by atoms with Gasteiger partial charge in [0.15, 0.2) is 0 Å². The molecule has 3 aromatic rings. The van der Waals surface area contributed by atoms with Gasteiger partial charge in [-0.1, -0.05) is 112 Å². The van der Waals surface area contributed by atoms with Crippen molar-refractivity contribution >= 4 is 58.9 Å². The summed E-state index contributed by atoms with van der Waals surface area (Å²) in [4.78, 5) is 119. The summed E-state index contributed by atoms with van der Waals surface area (Å²) in [5, 5.41) is 69.3. The average molecular weight is 1120 g/mol. The molecule has 7 rings (SSSR count). The van der Waals surface area contributed by atoms with E-state index in [0.29, 0.717) is 22.3 Å². The SMILES string of the molecule is C/C=C\[C@H]1C[C@H]2C(=O)O[C@H](C)[C@@H](NC(=O)[C@H](C[C@H]3C[C@@H]3N([O-])O)NC(=O)c3ccc(Cl)n3O)C(=O)N[C@@H](Cc3ccccc3)C(=O)N[C@H](C[C@@H]3C[C@H]3N([O-])O)C(=O)N[C@@H]([C@H](C)c3ccccc3)C(=O)N[C@@H]([C@@H](C)CC)C(=O)N2C1. The highest BCUT2D eigenvalue weighted by molar-refractivity contribution is 6.30. The smallest absolute Gasteiger partial charge is 0.329 e. The fourth-order valence-electron chi connectivity index (χ4n) is 10.4. The summed E-state index contributed by atoms with van der Waals surface area (Å²) in [6.45, 7) is 8.33. The third-order valence-corrected chi connectivity index (χ3v) is 15.8. The molecule has 24 nitrogen and oxygen atoms in total. The van der Waals surface area contributed by atoms with E-state index in [0.717, 1.165) is 0 Å². The van der Waals surface area contributed by atoms with E-state index in [2.05, 4.69) is 31.9 Å². The van der Waals surface area contributed by atoms with Crippen molar-refractivity contribution in [2.45, 2.75) is 146 Å². The number of carbonyl (C=O) groups excluding carboxylic acids is 8. The number of hydrogen-bond donors (Lipinski definition) is 9. The number of carbonyl (C=O) groups is 8. The molecule has 4 aliphatic rings. The topological polar surface area (TPSA) is 339 Å². The summed E-state index contributed by atoms with van der Waals surface area (Å²) in [6.07, 6.45) is 1.92. The van der Waals surface area contributed by atoms with Crippen molar-refractivity contribution in [3.05, 3.63) is 117 Å². The first-order valence-electron chi connectivity index (χ1n) is 26.5. The molecule has 2 saturated heterocycles.